The number of nitrogens with zero attached hydrogens (tertiary/aromatic N) is 1. The zero-order chi connectivity index (χ0) is 13.6. The van der Waals surface area contributed by atoms with E-state index in [1.54, 1.807) is 14.0 Å². The summed E-state index contributed by atoms with van der Waals surface area (Å²) < 4.78 is 24.9. The molecule has 0 aromatic carbocycles. The molecule has 7 heteroatoms. The lowest BCUT2D eigenvalue weighted by Crippen LogP contribution is -2.40. The van der Waals surface area contributed by atoms with Crippen LogP contribution in [0, 0.1) is 5.92 Å². The maximum atomic E-state index is 11.2. The molecular weight excluding hydrogens is 252 g/mol. The molecule has 6 nitrogen and oxygen atoms in total. The monoisotopic (exact) mass is 276 g/mol. The van der Waals surface area contributed by atoms with Crippen molar-refractivity contribution in [3.63, 3.8) is 0 Å². The minimum atomic E-state index is -3.07. The van der Waals surface area contributed by atoms with Gasteiger partial charge in [0.1, 0.15) is 0 Å². The van der Waals surface area contributed by atoms with Crippen molar-refractivity contribution in [2.75, 3.05) is 25.9 Å². The van der Waals surface area contributed by atoms with E-state index in [1.807, 2.05) is 0 Å². The molecule has 2 unspecified atom stereocenters. The Kier molecular flexibility index (Phi) is 5.87. The van der Waals surface area contributed by atoms with Crippen LogP contribution in [-0.2, 0) is 10.0 Å². The largest absolute Gasteiger partial charge is 0.356 e. The summed E-state index contributed by atoms with van der Waals surface area (Å²) in [4.78, 5) is 4.12. The predicted octanol–water partition coefficient (Wildman–Crippen LogP) is -0.111. The number of rotatable bonds is 7. The van der Waals surface area contributed by atoms with Crippen LogP contribution >= 0.6 is 0 Å². The Balaban J connectivity index is 2.09. The van der Waals surface area contributed by atoms with Gasteiger partial charge in [0, 0.05) is 26.2 Å². The van der Waals surface area contributed by atoms with Crippen molar-refractivity contribution < 1.29 is 8.42 Å². The SMILES string of the molecule is CCS(=O)(=O)NCCCNC(=NC)NC1CC1C. The van der Waals surface area contributed by atoms with Crippen molar-refractivity contribution >= 4 is 16.0 Å². The molecule has 18 heavy (non-hydrogen) atoms. The first-order valence-electron chi connectivity index (χ1n) is 6.43. The highest BCUT2D eigenvalue weighted by Crippen LogP contribution is 2.28. The van der Waals surface area contributed by atoms with E-state index >= 15 is 0 Å². The van der Waals surface area contributed by atoms with E-state index in [9.17, 15) is 8.42 Å². The summed E-state index contributed by atoms with van der Waals surface area (Å²) >= 11 is 0. The highest BCUT2D eigenvalue weighted by molar-refractivity contribution is 7.89. The number of hydrogen-bond acceptors (Lipinski definition) is 3. The Bertz CT molecular complexity index is 381. The van der Waals surface area contributed by atoms with Gasteiger partial charge in [0.05, 0.1) is 5.75 Å². The van der Waals surface area contributed by atoms with Gasteiger partial charge in [0.15, 0.2) is 5.96 Å². The third kappa shape index (κ3) is 5.68. The van der Waals surface area contributed by atoms with Crippen molar-refractivity contribution in [3.05, 3.63) is 0 Å². The summed E-state index contributed by atoms with van der Waals surface area (Å²) in [5.41, 5.74) is 0. The first-order valence-corrected chi connectivity index (χ1v) is 8.08. The molecule has 2 atom stereocenters. The molecule has 0 aliphatic heterocycles. The van der Waals surface area contributed by atoms with Gasteiger partial charge in [-0.2, -0.15) is 0 Å². The summed E-state index contributed by atoms with van der Waals surface area (Å²) in [5, 5.41) is 6.48. The van der Waals surface area contributed by atoms with E-state index in [-0.39, 0.29) is 5.75 Å². The van der Waals surface area contributed by atoms with Crippen LogP contribution in [0.1, 0.15) is 26.7 Å². The second-order valence-electron chi connectivity index (χ2n) is 4.61. The van der Waals surface area contributed by atoms with Crippen molar-refractivity contribution in [3.8, 4) is 0 Å². The van der Waals surface area contributed by atoms with Crippen molar-refractivity contribution in [2.24, 2.45) is 10.9 Å². The number of nitrogens with one attached hydrogen (secondary N) is 3. The number of sulfonamides is 1. The fraction of sp³-hybridized carbons (Fsp3) is 0.909. The standard InChI is InChI=1S/C11H24N4O2S/c1-4-18(16,17)14-7-5-6-13-11(12-3)15-10-8-9(10)2/h9-10,14H,4-8H2,1-3H3,(H2,12,13,15). The van der Waals surface area contributed by atoms with Crippen LogP contribution in [0.5, 0.6) is 0 Å². The van der Waals surface area contributed by atoms with Crippen molar-refractivity contribution in [1.29, 1.82) is 0 Å². The Morgan fingerprint density at radius 1 is 1.39 bits per heavy atom. The van der Waals surface area contributed by atoms with Gasteiger partial charge in [-0.05, 0) is 25.7 Å². The molecule has 0 bridgehead atoms. The highest BCUT2D eigenvalue weighted by atomic mass is 32.2. The van der Waals surface area contributed by atoms with E-state index in [2.05, 4.69) is 27.3 Å². The van der Waals surface area contributed by atoms with Crippen molar-refractivity contribution in [2.45, 2.75) is 32.7 Å². The fourth-order valence-electron chi connectivity index (χ4n) is 1.52. The Hall–Kier alpha value is -0.820. The van der Waals surface area contributed by atoms with E-state index in [1.165, 1.54) is 6.42 Å². The zero-order valence-corrected chi connectivity index (χ0v) is 12.2. The fourth-order valence-corrected chi connectivity index (χ4v) is 2.18. The topological polar surface area (TPSA) is 82.6 Å². The minimum absolute atomic E-state index is 0.128. The maximum absolute atomic E-state index is 11.2. The van der Waals surface area contributed by atoms with Crippen molar-refractivity contribution in [1.82, 2.24) is 15.4 Å². The molecule has 0 radical (unpaired) electrons. The molecule has 1 rings (SSSR count). The lowest BCUT2D eigenvalue weighted by molar-refractivity contribution is 0.579. The van der Waals surface area contributed by atoms with E-state index in [0.717, 1.165) is 18.3 Å². The summed E-state index contributed by atoms with van der Waals surface area (Å²) in [6, 6.07) is 0.537. The molecule has 0 aromatic heterocycles. The smallest absolute Gasteiger partial charge is 0.211 e. The van der Waals surface area contributed by atoms with Gasteiger partial charge < -0.3 is 10.6 Å². The van der Waals surface area contributed by atoms with E-state index in [4.69, 9.17) is 0 Å². The second-order valence-corrected chi connectivity index (χ2v) is 6.71. The highest BCUT2D eigenvalue weighted by Gasteiger charge is 2.33. The molecule has 0 amide bonds. The van der Waals surface area contributed by atoms with Gasteiger partial charge in [-0.15, -0.1) is 0 Å². The molecule has 0 aromatic rings. The van der Waals surface area contributed by atoms with Crippen LogP contribution < -0.4 is 15.4 Å². The van der Waals surface area contributed by atoms with Gasteiger partial charge in [0.2, 0.25) is 10.0 Å². The number of guanidine groups is 1. The van der Waals surface area contributed by atoms with Gasteiger partial charge in [-0.3, -0.25) is 4.99 Å². The quantitative estimate of drug-likeness (QED) is 0.344. The Morgan fingerprint density at radius 2 is 2.06 bits per heavy atom. The molecule has 106 valence electrons. The predicted molar refractivity (Wildman–Crippen MR) is 74.1 cm³/mol. The Morgan fingerprint density at radius 3 is 2.56 bits per heavy atom. The third-order valence-electron chi connectivity index (χ3n) is 3.00. The first kappa shape index (κ1) is 15.2. The van der Waals surface area contributed by atoms with Crippen LogP contribution in [0.25, 0.3) is 0 Å². The van der Waals surface area contributed by atoms with Crippen LogP contribution in [0.15, 0.2) is 4.99 Å². The lowest BCUT2D eigenvalue weighted by atomic mass is 10.4. The molecule has 1 saturated carbocycles. The molecule has 1 aliphatic carbocycles. The van der Waals surface area contributed by atoms with Crippen LogP contribution in [0.3, 0.4) is 0 Å². The van der Waals surface area contributed by atoms with Gasteiger partial charge in [-0.1, -0.05) is 6.92 Å². The van der Waals surface area contributed by atoms with Crippen LogP contribution in [0.4, 0.5) is 0 Å². The average Bonchev–Trinajstić information content (AvgIpc) is 3.03. The molecule has 0 spiro atoms. The first-order chi connectivity index (χ1) is 8.48. The van der Waals surface area contributed by atoms with Gasteiger partial charge in [-0.25, -0.2) is 13.1 Å². The molecule has 0 saturated heterocycles. The molecule has 1 fully saturated rings. The average molecular weight is 276 g/mol. The summed E-state index contributed by atoms with van der Waals surface area (Å²) in [5.74, 6) is 1.64. The Labute approximate surface area is 110 Å². The van der Waals surface area contributed by atoms with E-state index in [0.29, 0.717) is 19.1 Å². The van der Waals surface area contributed by atoms with Gasteiger partial charge >= 0.3 is 0 Å². The van der Waals surface area contributed by atoms with Crippen LogP contribution in [0.2, 0.25) is 0 Å². The molecule has 0 heterocycles. The molecular formula is C11H24N4O2S. The summed E-state index contributed by atoms with van der Waals surface area (Å²) in [6.45, 7) is 4.99. The third-order valence-corrected chi connectivity index (χ3v) is 4.41. The minimum Gasteiger partial charge on any atom is -0.356 e. The summed E-state index contributed by atoms with van der Waals surface area (Å²) in [6.07, 6.45) is 1.93. The lowest BCUT2D eigenvalue weighted by Gasteiger charge is -2.11. The molecule has 3 N–H and O–H groups in total. The zero-order valence-electron chi connectivity index (χ0n) is 11.4. The van der Waals surface area contributed by atoms with E-state index < -0.39 is 10.0 Å². The second kappa shape index (κ2) is 6.94. The maximum Gasteiger partial charge on any atom is 0.211 e. The van der Waals surface area contributed by atoms with Gasteiger partial charge in [0.25, 0.3) is 0 Å². The summed E-state index contributed by atoms with van der Waals surface area (Å²) in [7, 11) is -1.33. The normalized spacial score (nSPS) is 23.8. The van der Waals surface area contributed by atoms with Crippen LogP contribution in [-0.4, -0.2) is 46.3 Å². The number of hydrogen-bond donors (Lipinski definition) is 3. The number of aliphatic imine (C=N–C) groups is 1. The molecule has 1 aliphatic rings.